The third kappa shape index (κ3) is 3.51. The van der Waals surface area contributed by atoms with Crippen molar-refractivity contribution in [3.63, 3.8) is 0 Å². The van der Waals surface area contributed by atoms with Crippen molar-refractivity contribution in [2.75, 3.05) is 0 Å². The SMILES string of the molecule is CC(C)(C)C[C@](N)(C(N)=O)C(=O)c1c(Cl)cccc1Cl. The van der Waals surface area contributed by atoms with E-state index in [9.17, 15) is 9.59 Å². The average Bonchev–Trinajstić information content (AvgIpc) is 2.25. The summed E-state index contributed by atoms with van der Waals surface area (Å²) in [5.74, 6) is -1.55. The summed E-state index contributed by atoms with van der Waals surface area (Å²) in [7, 11) is 0. The number of halogens is 2. The molecule has 0 radical (unpaired) electrons. The van der Waals surface area contributed by atoms with Crippen molar-refractivity contribution in [3.8, 4) is 0 Å². The van der Waals surface area contributed by atoms with Gasteiger partial charge in [0.25, 0.3) is 0 Å². The number of carbonyl (C=O) groups excluding carboxylic acids is 2. The fourth-order valence-electron chi connectivity index (χ4n) is 2.05. The Bertz CT molecular complexity index is 532. The summed E-state index contributed by atoms with van der Waals surface area (Å²) in [5.41, 5.74) is 9.17. The van der Waals surface area contributed by atoms with Crippen LogP contribution in [0.4, 0.5) is 0 Å². The number of amides is 1. The topological polar surface area (TPSA) is 86.2 Å². The van der Waals surface area contributed by atoms with Gasteiger partial charge >= 0.3 is 0 Å². The molecule has 0 fully saturated rings. The van der Waals surface area contributed by atoms with E-state index in [1.54, 1.807) is 6.07 Å². The summed E-state index contributed by atoms with van der Waals surface area (Å²) in [5, 5.41) is 0.292. The van der Waals surface area contributed by atoms with E-state index in [0.717, 1.165) is 0 Å². The molecular weight excluding hydrogens is 299 g/mol. The molecule has 20 heavy (non-hydrogen) atoms. The zero-order valence-corrected chi connectivity index (χ0v) is 13.2. The number of primary amides is 1. The van der Waals surface area contributed by atoms with Crippen molar-refractivity contribution >= 4 is 34.9 Å². The Kier molecular flexibility index (Phi) is 4.85. The minimum Gasteiger partial charge on any atom is -0.368 e. The first-order chi connectivity index (χ1) is 8.99. The van der Waals surface area contributed by atoms with Gasteiger partial charge in [0.1, 0.15) is 0 Å². The maximum absolute atomic E-state index is 12.6. The lowest BCUT2D eigenvalue weighted by Gasteiger charge is -2.32. The first-order valence-electron chi connectivity index (χ1n) is 6.06. The molecule has 0 aromatic heterocycles. The van der Waals surface area contributed by atoms with Crippen molar-refractivity contribution < 1.29 is 9.59 Å². The number of benzene rings is 1. The monoisotopic (exact) mass is 316 g/mol. The molecule has 0 spiro atoms. The van der Waals surface area contributed by atoms with E-state index in [4.69, 9.17) is 34.7 Å². The van der Waals surface area contributed by atoms with Crippen LogP contribution in [0.1, 0.15) is 37.6 Å². The highest BCUT2D eigenvalue weighted by Crippen LogP contribution is 2.33. The standard InChI is InChI=1S/C14H18Cl2N2O2/c1-13(2,3)7-14(18,12(17)20)11(19)10-8(15)5-4-6-9(10)16/h4-6H,7,18H2,1-3H3,(H2,17,20)/t14-/m1/s1. The fraction of sp³-hybridized carbons (Fsp3) is 0.429. The second-order valence-corrected chi connectivity index (χ2v) is 6.81. The number of Topliss-reactive ketones (excluding diaryl/α,β-unsaturated/α-hetero) is 1. The number of nitrogens with two attached hydrogens (primary N) is 2. The zero-order valence-electron chi connectivity index (χ0n) is 11.7. The Morgan fingerprint density at radius 3 is 1.95 bits per heavy atom. The molecule has 0 heterocycles. The van der Waals surface area contributed by atoms with Crippen LogP contribution in [0.5, 0.6) is 0 Å². The van der Waals surface area contributed by atoms with Gasteiger partial charge in [-0.25, -0.2) is 0 Å². The molecule has 1 aromatic rings. The molecule has 0 bridgehead atoms. The van der Waals surface area contributed by atoms with Crippen LogP contribution in [0.15, 0.2) is 18.2 Å². The van der Waals surface area contributed by atoms with Crippen molar-refractivity contribution in [2.45, 2.75) is 32.7 Å². The van der Waals surface area contributed by atoms with Gasteiger partial charge in [0.15, 0.2) is 11.3 Å². The van der Waals surface area contributed by atoms with Crippen LogP contribution in [0, 0.1) is 5.41 Å². The lowest BCUT2D eigenvalue weighted by molar-refractivity contribution is -0.122. The third-order valence-corrected chi connectivity index (χ3v) is 3.47. The summed E-state index contributed by atoms with van der Waals surface area (Å²) < 4.78 is 0. The van der Waals surface area contributed by atoms with Crippen molar-refractivity contribution in [1.29, 1.82) is 0 Å². The van der Waals surface area contributed by atoms with E-state index >= 15 is 0 Å². The Morgan fingerprint density at radius 1 is 1.15 bits per heavy atom. The van der Waals surface area contributed by atoms with Gasteiger partial charge in [-0.3, -0.25) is 9.59 Å². The van der Waals surface area contributed by atoms with Gasteiger partial charge in [-0.2, -0.15) is 0 Å². The molecule has 1 rings (SSSR count). The molecule has 1 atom stereocenters. The van der Waals surface area contributed by atoms with Crippen LogP contribution in [-0.4, -0.2) is 17.2 Å². The van der Waals surface area contributed by atoms with Crippen LogP contribution < -0.4 is 11.5 Å². The lowest BCUT2D eigenvalue weighted by Crippen LogP contribution is -2.60. The molecular formula is C14H18Cl2N2O2. The molecule has 6 heteroatoms. The number of rotatable bonds is 4. The maximum Gasteiger partial charge on any atom is 0.245 e. The van der Waals surface area contributed by atoms with Crippen LogP contribution in [0.3, 0.4) is 0 Å². The van der Waals surface area contributed by atoms with Gasteiger partial charge in [0, 0.05) is 0 Å². The molecule has 0 aliphatic heterocycles. The van der Waals surface area contributed by atoms with Gasteiger partial charge in [0.2, 0.25) is 5.91 Å². The Balaban J connectivity index is 3.36. The van der Waals surface area contributed by atoms with Crippen molar-refractivity contribution in [3.05, 3.63) is 33.8 Å². The minimum absolute atomic E-state index is 0.0291. The predicted molar refractivity (Wildman–Crippen MR) is 81.0 cm³/mol. The first-order valence-corrected chi connectivity index (χ1v) is 6.82. The van der Waals surface area contributed by atoms with E-state index in [-0.39, 0.29) is 27.4 Å². The van der Waals surface area contributed by atoms with E-state index in [1.807, 2.05) is 20.8 Å². The molecule has 4 nitrogen and oxygen atoms in total. The number of carbonyl (C=O) groups is 2. The Hall–Kier alpha value is -1.10. The minimum atomic E-state index is -1.84. The summed E-state index contributed by atoms with van der Waals surface area (Å²) >= 11 is 12.0. The summed E-state index contributed by atoms with van der Waals surface area (Å²) in [4.78, 5) is 24.4. The Morgan fingerprint density at radius 2 is 1.60 bits per heavy atom. The average molecular weight is 317 g/mol. The molecule has 1 aromatic carbocycles. The fourth-order valence-corrected chi connectivity index (χ4v) is 2.62. The third-order valence-electron chi connectivity index (χ3n) is 2.84. The van der Waals surface area contributed by atoms with E-state index < -0.39 is 17.2 Å². The highest BCUT2D eigenvalue weighted by atomic mass is 35.5. The molecule has 1 amide bonds. The van der Waals surface area contributed by atoms with Crippen LogP contribution in [0.25, 0.3) is 0 Å². The molecule has 0 unspecified atom stereocenters. The smallest absolute Gasteiger partial charge is 0.245 e. The molecule has 0 aliphatic carbocycles. The highest BCUT2D eigenvalue weighted by Gasteiger charge is 2.44. The highest BCUT2D eigenvalue weighted by molar-refractivity contribution is 6.41. The maximum atomic E-state index is 12.6. The van der Waals surface area contributed by atoms with Crippen molar-refractivity contribution in [1.82, 2.24) is 0 Å². The predicted octanol–water partition coefficient (Wildman–Crippen LogP) is 2.80. The van der Waals surface area contributed by atoms with Crippen LogP contribution in [0.2, 0.25) is 10.0 Å². The van der Waals surface area contributed by atoms with Gasteiger partial charge < -0.3 is 11.5 Å². The summed E-state index contributed by atoms with van der Waals surface area (Å²) in [6, 6.07) is 4.63. The molecule has 4 N–H and O–H groups in total. The molecule has 0 saturated carbocycles. The first kappa shape index (κ1) is 17.0. The largest absolute Gasteiger partial charge is 0.368 e. The normalized spacial score (nSPS) is 14.7. The lowest BCUT2D eigenvalue weighted by atomic mass is 9.76. The van der Waals surface area contributed by atoms with Crippen LogP contribution in [-0.2, 0) is 4.79 Å². The molecule has 110 valence electrons. The second-order valence-electron chi connectivity index (χ2n) is 6.00. The number of ketones is 1. The summed E-state index contributed by atoms with van der Waals surface area (Å²) in [6.45, 7) is 5.58. The van der Waals surface area contributed by atoms with E-state index in [0.29, 0.717) is 0 Å². The van der Waals surface area contributed by atoms with Gasteiger partial charge in [0.05, 0.1) is 15.6 Å². The van der Waals surface area contributed by atoms with E-state index in [1.165, 1.54) is 12.1 Å². The van der Waals surface area contributed by atoms with Crippen LogP contribution >= 0.6 is 23.2 Å². The molecule has 0 saturated heterocycles. The molecule has 0 aliphatic rings. The van der Waals surface area contributed by atoms with E-state index in [2.05, 4.69) is 0 Å². The van der Waals surface area contributed by atoms with Crippen molar-refractivity contribution in [2.24, 2.45) is 16.9 Å². The van der Waals surface area contributed by atoms with Gasteiger partial charge in [-0.15, -0.1) is 0 Å². The number of hydrogen-bond donors (Lipinski definition) is 2. The second kappa shape index (κ2) is 5.72. The number of hydrogen-bond acceptors (Lipinski definition) is 3. The Labute approximate surface area is 128 Å². The van der Waals surface area contributed by atoms with Gasteiger partial charge in [-0.1, -0.05) is 50.0 Å². The summed E-state index contributed by atoms with van der Waals surface area (Å²) in [6.07, 6.45) is 0.0930. The quantitative estimate of drug-likeness (QED) is 0.661. The zero-order chi connectivity index (χ0) is 15.7. The van der Waals surface area contributed by atoms with Gasteiger partial charge in [-0.05, 0) is 24.0 Å².